The van der Waals surface area contributed by atoms with Crippen LogP contribution < -0.4 is 4.90 Å². The average molecular weight is 189 g/mol. The first-order valence-corrected chi connectivity index (χ1v) is 4.91. The molecule has 1 aliphatic rings. The molecule has 0 fully saturated rings. The van der Waals surface area contributed by atoms with Gasteiger partial charge in [-0.1, -0.05) is 17.7 Å². The molecule has 0 aromatic heterocycles. The number of anilines is 1. The summed E-state index contributed by atoms with van der Waals surface area (Å²) in [6.07, 6.45) is 3.20. The number of aromatic hydroxyl groups is 1. The molecule has 0 aliphatic carbocycles. The molecular weight excluding hydrogens is 174 g/mol. The zero-order valence-electron chi connectivity index (χ0n) is 8.62. The second kappa shape index (κ2) is 3.37. The van der Waals surface area contributed by atoms with Crippen LogP contribution in [0.2, 0.25) is 0 Å². The van der Waals surface area contributed by atoms with E-state index in [4.69, 9.17) is 0 Å². The Morgan fingerprint density at radius 3 is 2.64 bits per heavy atom. The van der Waals surface area contributed by atoms with E-state index < -0.39 is 0 Å². The Morgan fingerprint density at radius 1 is 1.29 bits per heavy atom. The average Bonchev–Trinajstić information content (AvgIpc) is 2.51. The van der Waals surface area contributed by atoms with E-state index in [0.717, 1.165) is 24.2 Å². The van der Waals surface area contributed by atoms with Gasteiger partial charge in [-0.3, -0.25) is 0 Å². The third-order valence-electron chi connectivity index (χ3n) is 2.63. The molecule has 1 heterocycles. The summed E-state index contributed by atoms with van der Waals surface area (Å²) < 4.78 is 0. The van der Waals surface area contributed by atoms with Crippen molar-refractivity contribution in [2.45, 2.75) is 20.3 Å². The standard InChI is InChI=1S/C12H15NO/c1-9-6-7-13(8-9)12-10(2)4-3-5-11(12)14/h3-5,8,14H,6-7H2,1-2H3. The predicted octanol–water partition coefficient (Wildman–Crippen LogP) is 2.81. The fourth-order valence-corrected chi connectivity index (χ4v) is 1.89. The minimum absolute atomic E-state index is 0.371. The lowest BCUT2D eigenvalue weighted by molar-refractivity contribution is 0.475. The molecule has 1 aromatic rings. The molecule has 0 bridgehead atoms. The largest absolute Gasteiger partial charge is 0.506 e. The van der Waals surface area contributed by atoms with Crippen molar-refractivity contribution in [3.8, 4) is 5.75 Å². The molecule has 0 saturated carbocycles. The first-order chi connectivity index (χ1) is 6.68. The quantitative estimate of drug-likeness (QED) is 0.734. The smallest absolute Gasteiger partial charge is 0.139 e. The Morgan fingerprint density at radius 2 is 2.07 bits per heavy atom. The highest BCUT2D eigenvalue weighted by Gasteiger charge is 2.15. The minimum Gasteiger partial charge on any atom is -0.506 e. The number of nitrogens with zero attached hydrogens (tertiary/aromatic N) is 1. The zero-order valence-corrected chi connectivity index (χ0v) is 8.62. The van der Waals surface area contributed by atoms with Gasteiger partial charge in [-0.25, -0.2) is 0 Å². The Labute approximate surface area is 84.5 Å². The molecule has 2 rings (SSSR count). The third kappa shape index (κ3) is 1.48. The van der Waals surface area contributed by atoms with Crippen LogP contribution in [0, 0.1) is 6.92 Å². The van der Waals surface area contributed by atoms with Crippen LogP contribution in [0.25, 0.3) is 0 Å². The summed E-state index contributed by atoms with van der Waals surface area (Å²) in [6.45, 7) is 5.12. The van der Waals surface area contributed by atoms with Crippen molar-refractivity contribution >= 4 is 5.69 Å². The Balaban J connectivity index is 2.41. The van der Waals surface area contributed by atoms with E-state index in [0.29, 0.717) is 5.75 Å². The molecule has 74 valence electrons. The number of phenolic OH excluding ortho intramolecular Hbond substituents is 1. The van der Waals surface area contributed by atoms with Crippen molar-refractivity contribution in [1.82, 2.24) is 0 Å². The highest BCUT2D eigenvalue weighted by atomic mass is 16.3. The second-order valence-electron chi connectivity index (χ2n) is 3.86. The van der Waals surface area contributed by atoms with Crippen LogP contribution in [0.3, 0.4) is 0 Å². The Hall–Kier alpha value is -1.44. The number of aryl methyl sites for hydroxylation is 1. The molecule has 0 atom stereocenters. The molecule has 0 radical (unpaired) electrons. The summed E-state index contributed by atoms with van der Waals surface area (Å²) in [6, 6.07) is 5.64. The first-order valence-electron chi connectivity index (χ1n) is 4.91. The first kappa shape index (κ1) is 9.13. The van der Waals surface area contributed by atoms with Crippen LogP contribution in [0.15, 0.2) is 30.0 Å². The summed E-state index contributed by atoms with van der Waals surface area (Å²) in [7, 11) is 0. The molecule has 2 nitrogen and oxygen atoms in total. The van der Waals surface area contributed by atoms with E-state index in [1.54, 1.807) is 6.07 Å². The number of phenols is 1. The molecule has 0 amide bonds. The van der Waals surface area contributed by atoms with Gasteiger partial charge < -0.3 is 10.0 Å². The number of rotatable bonds is 1. The van der Waals surface area contributed by atoms with Gasteiger partial charge in [0.25, 0.3) is 0 Å². The van der Waals surface area contributed by atoms with Crippen LogP contribution >= 0.6 is 0 Å². The summed E-state index contributed by atoms with van der Waals surface area (Å²) in [5.41, 5.74) is 3.44. The van der Waals surface area contributed by atoms with Gasteiger partial charge in [-0.2, -0.15) is 0 Å². The molecular formula is C12H15NO. The van der Waals surface area contributed by atoms with Crippen molar-refractivity contribution in [3.63, 3.8) is 0 Å². The van der Waals surface area contributed by atoms with Gasteiger partial charge in [0.1, 0.15) is 5.75 Å². The molecule has 2 heteroatoms. The maximum absolute atomic E-state index is 9.77. The predicted molar refractivity (Wildman–Crippen MR) is 58.6 cm³/mol. The molecule has 1 N–H and O–H groups in total. The lowest BCUT2D eigenvalue weighted by Gasteiger charge is -2.19. The fourth-order valence-electron chi connectivity index (χ4n) is 1.89. The molecule has 0 saturated heterocycles. The molecule has 1 aromatic carbocycles. The van der Waals surface area contributed by atoms with Crippen molar-refractivity contribution in [2.75, 3.05) is 11.4 Å². The summed E-state index contributed by atoms with van der Waals surface area (Å²) >= 11 is 0. The SMILES string of the molecule is CC1=CN(c2c(C)cccc2O)CC1. The number of hydrogen-bond acceptors (Lipinski definition) is 2. The minimum atomic E-state index is 0.371. The van der Waals surface area contributed by atoms with Gasteiger partial charge in [0.2, 0.25) is 0 Å². The Bertz CT molecular complexity index is 362. The monoisotopic (exact) mass is 189 g/mol. The van der Waals surface area contributed by atoms with E-state index in [1.807, 2.05) is 19.1 Å². The molecule has 14 heavy (non-hydrogen) atoms. The van der Waals surface area contributed by atoms with Gasteiger partial charge in [-0.05, 0) is 31.9 Å². The normalized spacial score (nSPS) is 15.9. The van der Waals surface area contributed by atoms with Crippen LogP contribution in [0.1, 0.15) is 18.9 Å². The highest BCUT2D eigenvalue weighted by Crippen LogP contribution is 2.33. The van der Waals surface area contributed by atoms with E-state index in [1.165, 1.54) is 5.57 Å². The van der Waals surface area contributed by atoms with E-state index in [2.05, 4.69) is 18.0 Å². The topological polar surface area (TPSA) is 23.5 Å². The van der Waals surface area contributed by atoms with Gasteiger partial charge in [0, 0.05) is 12.7 Å². The Kier molecular flexibility index (Phi) is 2.20. The second-order valence-corrected chi connectivity index (χ2v) is 3.86. The van der Waals surface area contributed by atoms with Crippen LogP contribution in [0.4, 0.5) is 5.69 Å². The van der Waals surface area contributed by atoms with Crippen LogP contribution in [0.5, 0.6) is 5.75 Å². The van der Waals surface area contributed by atoms with Crippen molar-refractivity contribution < 1.29 is 5.11 Å². The lowest BCUT2D eigenvalue weighted by atomic mass is 10.1. The number of benzene rings is 1. The summed E-state index contributed by atoms with van der Waals surface area (Å²) in [5, 5.41) is 9.77. The fraction of sp³-hybridized carbons (Fsp3) is 0.333. The molecule has 0 unspecified atom stereocenters. The maximum atomic E-state index is 9.77. The molecule has 1 aliphatic heterocycles. The van der Waals surface area contributed by atoms with Gasteiger partial charge in [0.05, 0.1) is 5.69 Å². The van der Waals surface area contributed by atoms with E-state index >= 15 is 0 Å². The highest BCUT2D eigenvalue weighted by molar-refractivity contribution is 5.65. The van der Waals surface area contributed by atoms with Crippen molar-refractivity contribution in [2.24, 2.45) is 0 Å². The van der Waals surface area contributed by atoms with Gasteiger partial charge in [0.15, 0.2) is 0 Å². The lowest BCUT2D eigenvalue weighted by Crippen LogP contribution is -2.13. The third-order valence-corrected chi connectivity index (χ3v) is 2.63. The number of hydrogen-bond donors (Lipinski definition) is 1. The van der Waals surface area contributed by atoms with Gasteiger partial charge in [-0.15, -0.1) is 0 Å². The van der Waals surface area contributed by atoms with E-state index in [-0.39, 0.29) is 0 Å². The maximum Gasteiger partial charge on any atom is 0.139 e. The summed E-state index contributed by atoms with van der Waals surface area (Å²) in [5.74, 6) is 0.371. The van der Waals surface area contributed by atoms with Crippen LogP contribution in [-0.2, 0) is 0 Å². The summed E-state index contributed by atoms with van der Waals surface area (Å²) in [4.78, 5) is 2.12. The van der Waals surface area contributed by atoms with Crippen molar-refractivity contribution in [1.29, 1.82) is 0 Å². The molecule has 0 spiro atoms. The van der Waals surface area contributed by atoms with Crippen molar-refractivity contribution in [3.05, 3.63) is 35.5 Å². The zero-order chi connectivity index (χ0) is 10.1. The van der Waals surface area contributed by atoms with Gasteiger partial charge >= 0.3 is 0 Å². The number of para-hydroxylation sites is 1. The van der Waals surface area contributed by atoms with E-state index in [9.17, 15) is 5.11 Å². The van der Waals surface area contributed by atoms with Crippen LogP contribution in [-0.4, -0.2) is 11.7 Å².